The van der Waals surface area contributed by atoms with E-state index in [1.54, 1.807) is 0 Å². The fourth-order valence-corrected chi connectivity index (χ4v) is 1.69. The van der Waals surface area contributed by atoms with E-state index in [1.807, 2.05) is 0 Å². The third-order valence-corrected chi connectivity index (χ3v) is 2.72. The normalized spacial score (nSPS) is 10.0. The molecule has 0 aliphatic rings. The standard InChI is InChI=1S/C15H8F3NO2/c1-2-8-3-6-12(11(17)7-8)19-14-9(15(20)21)4-5-10(16)13(14)18/h1,3-7,19H,(H,20,21). The summed E-state index contributed by atoms with van der Waals surface area (Å²) in [5.74, 6) is -2.73. The molecule has 0 aromatic heterocycles. The Morgan fingerprint density at radius 3 is 2.43 bits per heavy atom. The van der Waals surface area contributed by atoms with Crippen molar-refractivity contribution in [3.05, 3.63) is 58.9 Å². The summed E-state index contributed by atoms with van der Waals surface area (Å²) in [4.78, 5) is 11.0. The summed E-state index contributed by atoms with van der Waals surface area (Å²) in [5.41, 5.74) is -1.14. The molecule has 2 aromatic rings. The smallest absolute Gasteiger partial charge is 0.337 e. The minimum Gasteiger partial charge on any atom is -0.478 e. The highest BCUT2D eigenvalue weighted by molar-refractivity contribution is 5.95. The Morgan fingerprint density at radius 2 is 1.86 bits per heavy atom. The Morgan fingerprint density at radius 1 is 1.14 bits per heavy atom. The van der Waals surface area contributed by atoms with E-state index < -0.39 is 34.7 Å². The lowest BCUT2D eigenvalue weighted by Crippen LogP contribution is -2.07. The van der Waals surface area contributed by atoms with Crippen molar-refractivity contribution in [3.63, 3.8) is 0 Å². The monoisotopic (exact) mass is 291 g/mol. The van der Waals surface area contributed by atoms with Crippen molar-refractivity contribution in [3.8, 4) is 12.3 Å². The van der Waals surface area contributed by atoms with E-state index in [2.05, 4.69) is 11.2 Å². The van der Waals surface area contributed by atoms with Gasteiger partial charge in [0.25, 0.3) is 0 Å². The molecule has 0 heterocycles. The van der Waals surface area contributed by atoms with Gasteiger partial charge in [-0.05, 0) is 30.3 Å². The van der Waals surface area contributed by atoms with Crippen molar-refractivity contribution >= 4 is 17.3 Å². The summed E-state index contributed by atoms with van der Waals surface area (Å²) in [6, 6.07) is 5.17. The zero-order chi connectivity index (χ0) is 15.6. The van der Waals surface area contributed by atoms with Gasteiger partial charge in [-0.2, -0.15) is 0 Å². The van der Waals surface area contributed by atoms with Crippen LogP contribution >= 0.6 is 0 Å². The van der Waals surface area contributed by atoms with Crippen molar-refractivity contribution in [2.45, 2.75) is 0 Å². The second-order valence-corrected chi connectivity index (χ2v) is 4.05. The van der Waals surface area contributed by atoms with Crippen LogP contribution in [0, 0.1) is 29.8 Å². The molecule has 0 spiro atoms. The van der Waals surface area contributed by atoms with Crippen LogP contribution in [0.25, 0.3) is 0 Å². The molecule has 2 N–H and O–H groups in total. The molecular formula is C15H8F3NO2. The number of benzene rings is 2. The Hall–Kier alpha value is -2.94. The Balaban J connectivity index is 2.51. The van der Waals surface area contributed by atoms with Gasteiger partial charge >= 0.3 is 5.97 Å². The highest BCUT2D eigenvalue weighted by Gasteiger charge is 2.19. The molecular weight excluding hydrogens is 283 g/mol. The summed E-state index contributed by atoms with van der Waals surface area (Å²) in [6.45, 7) is 0. The van der Waals surface area contributed by atoms with Crippen LogP contribution < -0.4 is 5.32 Å². The molecule has 2 rings (SSSR count). The minimum atomic E-state index is -1.47. The van der Waals surface area contributed by atoms with Crippen LogP contribution in [0.4, 0.5) is 24.5 Å². The number of nitrogens with one attached hydrogen (secondary N) is 1. The first kappa shape index (κ1) is 14.5. The predicted molar refractivity (Wildman–Crippen MR) is 70.9 cm³/mol. The average Bonchev–Trinajstić information content (AvgIpc) is 2.45. The molecule has 0 saturated carbocycles. The molecule has 0 bridgehead atoms. The van der Waals surface area contributed by atoms with Gasteiger partial charge in [0, 0.05) is 5.56 Å². The second kappa shape index (κ2) is 5.59. The van der Waals surface area contributed by atoms with Gasteiger partial charge in [-0.1, -0.05) is 5.92 Å². The van der Waals surface area contributed by atoms with Crippen LogP contribution in [0.3, 0.4) is 0 Å². The molecule has 0 atom stereocenters. The highest BCUT2D eigenvalue weighted by atomic mass is 19.2. The summed E-state index contributed by atoms with van der Waals surface area (Å²) in [5, 5.41) is 11.2. The largest absolute Gasteiger partial charge is 0.478 e. The second-order valence-electron chi connectivity index (χ2n) is 4.05. The van der Waals surface area contributed by atoms with Gasteiger partial charge in [-0.15, -0.1) is 6.42 Å². The SMILES string of the molecule is C#Cc1ccc(Nc2c(C(=O)O)ccc(F)c2F)c(F)c1. The molecule has 0 amide bonds. The van der Waals surface area contributed by atoms with Gasteiger partial charge in [0.1, 0.15) is 5.82 Å². The summed E-state index contributed by atoms with van der Waals surface area (Å²) in [7, 11) is 0. The van der Waals surface area contributed by atoms with Crippen molar-refractivity contribution < 1.29 is 23.1 Å². The maximum atomic E-state index is 13.8. The molecule has 0 aliphatic heterocycles. The fraction of sp³-hybridized carbons (Fsp3) is 0. The molecule has 106 valence electrons. The van der Waals surface area contributed by atoms with E-state index in [0.29, 0.717) is 6.07 Å². The minimum absolute atomic E-state index is 0.221. The van der Waals surface area contributed by atoms with Gasteiger partial charge in [0.15, 0.2) is 11.6 Å². The van der Waals surface area contributed by atoms with Crippen molar-refractivity contribution in [1.29, 1.82) is 0 Å². The molecule has 2 aromatic carbocycles. The lowest BCUT2D eigenvalue weighted by molar-refractivity contribution is 0.0697. The van der Waals surface area contributed by atoms with Crippen LogP contribution in [0.5, 0.6) is 0 Å². The van der Waals surface area contributed by atoms with Gasteiger partial charge < -0.3 is 10.4 Å². The molecule has 3 nitrogen and oxygen atoms in total. The van der Waals surface area contributed by atoms with Crippen LogP contribution in [0.1, 0.15) is 15.9 Å². The van der Waals surface area contributed by atoms with E-state index >= 15 is 0 Å². The first-order valence-corrected chi connectivity index (χ1v) is 5.68. The topological polar surface area (TPSA) is 49.3 Å². The van der Waals surface area contributed by atoms with Crippen molar-refractivity contribution in [1.82, 2.24) is 0 Å². The first-order valence-electron chi connectivity index (χ1n) is 5.68. The quantitative estimate of drug-likeness (QED) is 0.851. The maximum absolute atomic E-state index is 13.8. The number of anilines is 2. The number of terminal acetylenes is 1. The van der Waals surface area contributed by atoms with Crippen molar-refractivity contribution in [2.75, 3.05) is 5.32 Å². The zero-order valence-corrected chi connectivity index (χ0v) is 10.5. The third-order valence-electron chi connectivity index (χ3n) is 2.72. The van der Waals surface area contributed by atoms with Gasteiger partial charge in [-0.3, -0.25) is 0 Å². The third kappa shape index (κ3) is 2.82. The Labute approximate surface area is 118 Å². The van der Waals surface area contributed by atoms with E-state index in [4.69, 9.17) is 11.5 Å². The Kier molecular flexibility index (Phi) is 3.85. The van der Waals surface area contributed by atoms with E-state index in [9.17, 15) is 18.0 Å². The molecule has 0 saturated heterocycles. The van der Waals surface area contributed by atoms with Crippen LogP contribution in [0.2, 0.25) is 0 Å². The number of hydrogen-bond donors (Lipinski definition) is 2. The first-order chi connectivity index (χ1) is 9.93. The summed E-state index contributed by atoms with van der Waals surface area (Å²) in [6.07, 6.45) is 5.10. The van der Waals surface area contributed by atoms with Crippen LogP contribution in [-0.2, 0) is 0 Å². The summed E-state index contributed by atoms with van der Waals surface area (Å²) < 4.78 is 40.7. The molecule has 0 fully saturated rings. The lowest BCUT2D eigenvalue weighted by Gasteiger charge is -2.12. The lowest BCUT2D eigenvalue weighted by atomic mass is 10.1. The van der Waals surface area contributed by atoms with Crippen LogP contribution in [-0.4, -0.2) is 11.1 Å². The zero-order valence-electron chi connectivity index (χ0n) is 10.5. The number of rotatable bonds is 3. The number of carboxylic acid groups (broad SMARTS) is 1. The van der Waals surface area contributed by atoms with E-state index in [-0.39, 0.29) is 11.3 Å². The van der Waals surface area contributed by atoms with Gasteiger partial charge in [-0.25, -0.2) is 18.0 Å². The van der Waals surface area contributed by atoms with Gasteiger partial charge in [0.05, 0.1) is 16.9 Å². The Bertz CT molecular complexity index is 766. The highest BCUT2D eigenvalue weighted by Crippen LogP contribution is 2.28. The van der Waals surface area contributed by atoms with Gasteiger partial charge in [0.2, 0.25) is 0 Å². The van der Waals surface area contributed by atoms with E-state index in [0.717, 1.165) is 12.1 Å². The average molecular weight is 291 g/mol. The summed E-state index contributed by atoms with van der Waals surface area (Å²) >= 11 is 0. The van der Waals surface area contributed by atoms with E-state index in [1.165, 1.54) is 12.1 Å². The molecule has 0 unspecified atom stereocenters. The number of hydrogen-bond acceptors (Lipinski definition) is 2. The molecule has 21 heavy (non-hydrogen) atoms. The predicted octanol–water partition coefficient (Wildman–Crippen LogP) is 3.53. The van der Waals surface area contributed by atoms with Crippen molar-refractivity contribution in [2.24, 2.45) is 0 Å². The molecule has 6 heteroatoms. The van der Waals surface area contributed by atoms with Crippen LogP contribution in [0.15, 0.2) is 30.3 Å². The molecule has 0 radical (unpaired) electrons. The number of carbonyl (C=O) groups is 1. The number of aromatic carboxylic acids is 1. The maximum Gasteiger partial charge on any atom is 0.337 e. The number of halogens is 3. The number of carboxylic acids is 1. The molecule has 0 aliphatic carbocycles. The fourth-order valence-electron chi connectivity index (χ4n) is 1.69.